The molecule has 0 N–H and O–H groups in total. The molecule has 3 aromatic rings. The van der Waals surface area contributed by atoms with Gasteiger partial charge in [0.25, 0.3) is 0 Å². The molecule has 0 spiro atoms. The van der Waals surface area contributed by atoms with Crippen LogP contribution in [0.2, 0.25) is 0 Å². The molecule has 5 heteroatoms. The van der Waals surface area contributed by atoms with Crippen molar-refractivity contribution in [2.24, 2.45) is 27.7 Å². The fraction of sp³-hybridized carbons (Fsp3) is 0.393. The van der Waals surface area contributed by atoms with Crippen molar-refractivity contribution in [3.63, 3.8) is 0 Å². The lowest BCUT2D eigenvalue weighted by molar-refractivity contribution is 0.314. The average molecular weight is 800 g/mol. The summed E-state index contributed by atoms with van der Waals surface area (Å²) in [5.74, 6) is 3.13. The van der Waals surface area contributed by atoms with Gasteiger partial charge in [0.2, 0.25) is 5.96 Å². The second-order valence-electron chi connectivity index (χ2n) is 19.3. The summed E-state index contributed by atoms with van der Waals surface area (Å²) >= 11 is 0. The fourth-order valence-electron chi connectivity index (χ4n) is 13.3. The first-order chi connectivity index (χ1) is 30.3. The maximum atomic E-state index is 5.63. The van der Waals surface area contributed by atoms with Crippen LogP contribution < -0.4 is 4.90 Å². The van der Waals surface area contributed by atoms with Crippen LogP contribution >= 0.6 is 0 Å². The third kappa shape index (κ3) is 5.78. The summed E-state index contributed by atoms with van der Waals surface area (Å²) in [4.78, 5) is 16.6. The predicted octanol–water partition coefficient (Wildman–Crippen LogP) is 13.1. The molecule has 7 unspecified atom stereocenters. The second-order valence-corrected chi connectivity index (χ2v) is 19.3. The molecule has 306 valence electrons. The zero-order valence-corrected chi connectivity index (χ0v) is 35.4. The van der Waals surface area contributed by atoms with Crippen LogP contribution in [0.3, 0.4) is 0 Å². The highest BCUT2D eigenvalue weighted by molar-refractivity contribution is 6.09. The molecule has 0 bridgehead atoms. The third-order valence-electron chi connectivity index (χ3n) is 16.1. The van der Waals surface area contributed by atoms with Crippen LogP contribution in [0.15, 0.2) is 154 Å². The highest BCUT2D eigenvalue weighted by Crippen LogP contribution is 2.54. The van der Waals surface area contributed by atoms with Gasteiger partial charge in [0.05, 0.1) is 17.6 Å². The lowest BCUT2D eigenvalue weighted by atomic mass is 9.76. The van der Waals surface area contributed by atoms with Crippen LogP contribution in [0.25, 0.3) is 17.0 Å². The molecule has 7 aliphatic carbocycles. The molecule has 3 aliphatic heterocycles. The van der Waals surface area contributed by atoms with E-state index in [-0.39, 0.29) is 0 Å². The van der Waals surface area contributed by atoms with E-state index in [0.29, 0.717) is 41.7 Å². The Kier molecular flexibility index (Phi) is 8.68. The van der Waals surface area contributed by atoms with E-state index in [9.17, 15) is 0 Å². The number of fused-ring (bicyclic) bond motifs is 9. The molecule has 5 nitrogen and oxygen atoms in total. The molecule has 61 heavy (non-hydrogen) atoms. The molecular weight excluding hydrogens is 743 g/mol. The molecule has 1 aromatic heterocycles. The molecule has 13 rings (SSSR count). The minimum atomic E-state index is 0.329. The van der Waals surface area contributed by atoms with Crippen LogP contribution in [0, 0.1) is 17.8 Å². The van der Waals surface area contributed by atoms with Crippen molar-refractivity contribution in [3.8, 4) is 0 Å². The highest BCUT2D eigenvalue weighted by Gasteiger charge is 2.46. The Morgan fingerprint density at radius 2 is 1.62 bits per heavy atom. The summed E-state index contributed by atoms with van der Waals surface area (Å²) in [6, 6.07) is 17.5. The van der Waals surface area contributed by atoms with E-state index in [1.54, 1.807) is 16.8 Å². The van der Waals surface area contributed by atoms with E-state index >= 15 is 0 Å². The van der Waals surface area contributed by atoms with E-state index in [1.807, 2.05) is 0 Å². The van der Waals surface area contributed by atoms with E-state index in [1.165, 1.54) is 88.3 Å². The number of para-hydroxylation sites is 1. The van der Waals surface area contributed by atoms with Crippen LogP contribution in [-0.2, 0) is 6.42 Å². The number of anilines is 1. The molecule has 7 atom stereocenters. The summed E-state index contributed by atoms with van der Waals surface area (Å²) < 4.78 is 2.49. The Balaban J connectivity index is 0.899. The Bertz CT molecular complexity index is 2700. The van der Waals surface area contributed by atoms with Gasteiger partial charge in [0.15, 0.2) is 0 Å². The van der Waals surface area contributed by atoms with E-state index in [4.69, 9.17) is 9.98 Å². The average Bonchev–Trinajstić information content (AvgIpc) is 3.96. The number of hydrogen-bond acceptors (Lipinski definition) is 4. The van der Waals surface area contributed by atoms with Crippen molar-refractivity contribution >= 4 is 34.3 Å². The Morgan fingerprint density at radius 3 is 2.56 bits per heavy atom. The molecule has 4 heterocycles. The summed E-state index contributed by atoms with van der Waals surface area (Å²) in [6.45, 7) is 0. The normalized spacial score (nSPS) is 30.8. The summed E-state index contributed by atoms with van der Waals surface area (Å²) in [7, 11) is 0. The molecule has 10 aliphatic rings. The molecule has 0 fully saturated rings. The first-order valence-electron chi connectivity index (χ1n) is 24.0. The number of hydrogen-bond donors (Lipinski definition) is 0. The standard InChI is InChI=1S/C56H57N5/c1-3-15-36(16-4-1)55-45-22-7-11-23-48(45)57-56(58-55)61-51-26-14-10-21-43(51)44-30-27-38(34-54(44)61)37-28-31-52-46(33-37)47-35-40(29-32-53(47)59(52)39-17-5-2-6-18-39)60-49-24-12-8-19-41(49)42-20-9-13-25-50(42)60/h1,3,5,8,10,12-13,17-19,21,23-25,27-28,30-31,34-37,42,45-46,50,52H,2,4,6-7,9,11,14-16,20,22,26,29,32-33H2. The second kappa shape index (κ2) is 14.6. The zero-order chi connectivity index (χ0) is 40.0. The van der Waals surface area contributed by atoms with E-state index in [0.717, 1.165) is 70.2 Å². The molecular formula is C56H57N5. The van der Waals surface area contributed by atoms with Gasteiger partial charge in [0.1, 0.15) is 0 Å². The third-order valence-corrected chi connectivity index (χ3v) is 16.1. The lowest BCUT2D eigenvalue weighted by Gasteiger charge is -2.36. The molecule has 0 saturated carbocycles. The monoisotopic (exact) mass is 799 g/mol. The summed E-state index contributed by atoms with van der Waals surface area (Å²) in [5, 5.41) is 1.33. The fourth-order valence-corrected chi connectivity index (χ4v) is 13.3. The van der Waals surface area contributed by atoms with Gasteiger partial charge in [-0.1, -0.05) is 97.2 Å². The summed E-state index contributed by atoms with van der Waals surface area (Å²) in [5.41, 5.74) is 17.1. The molecule has 0 amide bonds. The Labute approximate surface area is 361 Å². The van der Waals surface area contributed by atoms with Gasteiger partial charge in [0, 0.05) is 80.4 Å². The topological polar surface area (TPSA) is 36.1 Å². The number of aromatic nitrogens is 1. The van der Waals surface area contributed by atoms with Gasteiger partial charge < -0.3 is 9.80 Å². The molecule has 0 saturated heterocycles. The van der Waals surface area contributed by atoms with Gasteiger partial charge in [-0.2, -0.15) is 0 Å². The quantitative estimate of drug-likeness (QED) is 0.247. The van der Waals surface area contributed by atoms with Crippen molar-refractivity contribution in [1.29, 1.82) is 0 Å². The van der Waals surface area contributed by atoms with Crippen LogP contribution in [0.4, 0.5) is 5.69 Å². The van der Waals surface area contributed by atoms with Crippen molar-refractivity contribution in [3.05, 3.63) is 166 Å². The number of aliphatic imine (C=N–C) groups is 2. The van der Waals surface area contributed by atoms with Crippen molar-refractivity contribution in [2.75, 3.05) is 4.90 Å². The first kappa shape index (κ1) is 36.3. The summed E-state index contributed by atoms with van der Waals surface area (Å²) in [6.07, 6.45) is 49.0. The molecule has 0 radical (unpaired) electrons. The van der Waals surface area contributed by atoms with Crippen LogP contribution in [-0.4, -0.2) is 33.2 Å². The largest absolute Gasteiger partial charge is 0.338 e. The SMILES string of the molecule is C1=CC(N2C3=C(C=C(N4c5ccccc5C5CCC=CC54)CC3)C3CC(c4ccc5c6c(n(C7=NC8=CCCCC8C(C8CC=CCC8)=N7)c5c4)CCC=C6)C=CC32)=CCC1. The Hall–Kier alpha value is -5.42. The van der Waals surface area contributed by atoms with Crippen molar-refractivity contribution in [2.45, 2.75) is 120 Å². The van der Waals surface area contributed by atoms with Crippen molar-refractivity contribution in [1.82, 2.24) is 9.47 Å². The highest BCUT2D eigenvalue weighted by atomic mass is 15.2. The van der Waals surface area contributed by atoms with E-state index < -0.39 is 0 Å². The lowest BCUT2D eigenvalue weighted by Crippen LogP contribution is -2.34. The maximum Gasteiger partial charge on any atom is 0.234 e. The number of rotatable bonds is 4. The van der Waals surface area contributed by atoms with Gasteiger partial charge in [-0.25, -0.2) is 9.98 Å². The number of benzene rings is 2. The van der Waals surface area contributed by atoms with Gasteiger partial charge in [-0.15, -0.1) is 0 Å². The number of nitrogens with zero attached hydrogens (tertiary/aromatic N) is 5. The number of allylic oxidation sites excluding steroid dienone is 13. The maximum absolute atomic E-state index is 5.63. The Morgan fingerprint density at radius 1 is 0.689 bits per heavy atom. The smallest absolute Gasteiger partial charge is 0.234 e. The first-order valence-corrected chi connectivity index (χ1v) is 24.0. The van der Waals surface area contributed by atoms with Crippen LogP contribution in [0.5, 0.6) is 0 Å². The van der Waals surface area contributed by atoms with Gasteiger partial charge in [-0.3, -0.25) is 4.57 Å². The van der Waals surface area contributed by atoms with Gasteiger partial charge >= 0.3 is 0 Å². The predicted molar refractivity (Wildman–Crippen MR) is 252 cm³/mol. The van der Waals surface area contributed by atoms with Crippen molar-refractivity contribution < 1.29 is 0 Å². The van der Waals surface area contributed by atoms with Crippen LogP contribution in [0.1, 0.15) is 124 Å². The molecule has 2 aromatic carbocycles. The minimum absolute atomic E-state index is 0.329. The van der Waals surface area contributed by atoms with Gasteiger partial charge in [-0.05, 0) is 137 Å². The van der Waals surface area contributed by atoms with E-state index in [2.05, 4.69) is 136 Å². The zero-order valence-electron chi connectivity index (χ0n) is 35.4. The minimum Gasteiger partial charge on any atom is -0.338 e.